The Morgan fingerprint density at radius 3 is 2.37 bits per heavy atom. The van der Waals surface area contributed by atoms with E-state index >= 15 is 0 Å². The zero-order valence-corrected chi connectivity index (χ0v) is 17.4. The van der Waals surface area contributed by atoms with E-state index in [0.29, 0.717) is 0 Å². The summed E-state index contributed by atoms with van der Waals surface area (Å²) in [6.45, 7) is 0. The Morgan fingerprint density at radius 2 is 1.63 bits per heavy atom. The van der Waals surface area contributed by atoms with Gasteiger partial charge >= 0.3 is 0 Å². The van der Waals surface area contributed by atoms with Gasteiger partial charge in [-0.25, -0.2) is 0 Å². The molecule has 0 saturated heterocycles. The number of hydrogen-bond acceptors (Lipinski definition) is 0. The molecular formula is C14H7Br5. The molecule has 0 N–H and O–H groups in total. The molecule has 98 valence electrons. The second kappa shape index (κ2) is 5.56. The van der Waals surface area contributed by atoms with Crippen LogP contribution in [-0.4, -0.2) is 4.83 Å². The van der Waals surface area contributed by atoms with E-state index in [1.165, 1.54) is 21.9 Å². The van der Waals surface area contributed by atoms with Gasteiger partial charge in [0.15, 0.2) is 0 Å². The van der Waals surface area contributed by atoms with Crippen molar-refractivity contribution in [3.8, 4) is 0 Å². The maximum absolute atomic E-state index is 3.79. The van der Waals surface area contributed by atoms with Gasteiger partial charge in [0.1, 0.15) is 0 Å². The van der Waals surface area contributed by atoms with E-state index in [-0.39, 0.29) is 9.65 Å². The fourth-order valence-corrected chi connectivity index (χ4v) is 5.85. The monoisotopic (exact) mass is 570 g/mol. The molecule has 0 aliphatic heterocycles. The van der Waals surface area contributed by atoms with Crippen LogP contribution in [0.15, 0.2) is 37.7 Å². The van der Waals surface area contributed by atoms with Crippen molar-refractivity contribution in [3.05, 3.63) is 48.8 Å². The summed E-state index contributed by atoms with van der Waals surface area (Å²) in [6, 6.07) is 8.59. The molecule has 2 aromatic carbocycles. The van der Waals surface area contributed by atoms with E-state index in [2.05, 4.69) is 110 Å². The van der Waals surface area contributed by atoms with Crippen molar-refractivity contribution < 1.29 is 0 Å². The van der Waals surface area contributed by atoms with Crippen LogP contribution in [0.4, 0.5) is 0 Å². The van der Waals surface area contributed by atoms with Crippen LogP contribution in [0.2, 0.25) is 0 Å². The molecule has 1 aliphatic rings. The first-order chi connectivity index (χ1) is 8.99. The predicted molar refractivity (Wildman–Crippen MR) is 101 cm³/mol. The summed E-state index contributed by atoms with van der Waals surface area (Å²) >= 11 is 18.4. The number of alkyl halides is 2. The fraction of sp³-hybridized carbons (Fsp3) is 0.143. The Morgan fingerprint density at radius 1 is 0.895 bits per heavy atom. The fourth-order valence-electron chi connectivity index (χ4n) is 2.28. The lowest BCUT2D eigenvalue weighted by Crippen LogP contribution is -2.13. The largest absolute Gasteiger partial charge is 0.0822 e. The van der Waals surface area contributed by atoms with Crippen molar-refractivity contribution in [1.29, 1.82) is 0 Å². The molecule has 19 heavy (non-hydrogen) atoms. The Balaban J connectivity index is 2.38. The number of fused-ring (bicyclic) bond motifs is 2. The summed E-state index contributed by atoms with van der Waals surface area (Å²) in [7, 11) is 0. The smallest absolute Gasteiger partial charge is 0.0627 e. The topological polar surface area (TPSA) is 0 Å². The van der Waals surface area contributed by atoms with E-state index in [1.54, 1.807) is 0 Å². The van der Waals surface area contributed by atoms with Gasteiger partial charge in [-0.15, -0.1) is 0 Å². The second-order valence-electron chi connectivity index (χ2n) is 4.39. The van der Waals surface area contributed by atoms with Crippen molar-refractivity contribution in [2.45, 2.75) is 9.65 Å². The molecule has 0 aromatic heterocycles. The van der Waals surface area contributed by atoms with Crippen LogP contribution in [-0.2, 0) is 0 Å². The molecular weight excluding hydrogens is 568 g/mol. The lowest BCUT2D eigenvalue weighted by molar-refractivity contribution is 0.994. The molecule has 0 fully saturated rings. The molecule has 2 atom stereocenters. The number of hydrogen-bond donors (Lipinski definition) is 0. The summed E-state index contributed by atoms with van der Waals surface area (Å²) in [6.07, 6.45) is 2.18. The van der Waals surface area contributed by atoms with E-state index in [9.17, 15) is 0 Å². The van der Waals surface area contributed by atoms with Crippen LogP contribution in [0.25, 0.3) is 16.8 Å². The second-order valence-corrected chi connectivity index (χ2v) is 8.99. The van der Waals surface area contributed by atoms with E-state index in [0.717, 1.165) is 13.4 Å². The maximum Gasteiger partial charge on any atom is 0.0627 e. The minimum Gasteiger partial charge on any atom is -0.0822 e. The van der Waals surface area contributed by atoms with Crippen molar-refractivity contribution >= 4 is 96.5 Å². The third-order valence-electron chi connectivity index (χ3n) is 3.20. The van der Waals surface area contributed by atoms with Crippen LogP contribution in [0.3, 0.4) is 0 Å². The van der Waals surface area contributed by atoms with Gasteiger partial charge in [-0.05, 0) is 62.1 Å². The van der Waals surface area contributed by atoms with Crippen LogP contribution >= 0.6 is 79.6 Å². The van der Waals surface area contributed by atoms with Crippen LogP contribution in [0.5, 0.6) is 0 Å². The Labute approximate surface area is 153 Å². The molecule has 1 aliphatic carbocycles. The SMILES string of the molecule is BrC1=Cc2cc3cc(Br)ccc3c(Br)c2[C@@H](Br)[C@H]1Br. The van der Waals surface area contributed by atoms with Crippen molar-refractivity contribution in [3.63, 3.8) is 0 Å². The lowest BCUT2D eigenvalue weighted by Gasteiger charge is -2.26. The highest BCUT2D eigenvalue weighted by Gasteiger charge is 2.29. The highest BCUT2D eigenvalue weighted by atomic mass is 79.9. The molecule has 0 amide bonds. The molecule has 0 unspecified atom stereocenters. The van der Waals surface area contributed by atoms with Crippen LogP contribution < -0.4 is 0 Å². The van der Waals surface area contributed by atoms with Crippen LogP contribution in [0, 0.1) is 0 Å². The molecule has 0 saturated carbocycles. The highest BCUT2D eigenvalue weighted by Crippen LogP contribution is 2.48. The number of benzene rings is 2. The highest BCUT2D eigenvalue weighted by molar-refractivity contribution is 9.14. The van der Waals surface area contributed by atoms with E-state index < -0.39 is 0 Å². The average molecular weight is 575 g/mol. The number of allylic oxidation sites excluding steroid dienone is 1. The first kappa shape index (κ1) is 14.8. The third kappa shape index (κ3) is 2.54. The first-order valence-corrected chi connectivity index (χ1v) is 9.77. The standard InChI is InChI=1S/C14H7Br5/c15-8-1-2-9-6(4-8)3-7-5-10(16)13(18)14(19)11(7)12(9)17/h1-5,13-14H/t13-,14+/m0/s1. The van der Waals surface area contributed by atoms with Gasteiger partial charge in [-0.1, -0.05) is 69.8 Å². The molecule has 0 bridgehead atoms. The first-order valence-electron chi connectivity index (χ1n) is 5.56. The molecule has 0 nitrogen and oxygen atoms in total. The van der Waals surface area contributed by atoms with Gasteiger partial charge in [0.05, 0.1) is 9.65 Å². The quantitative estimate of drug-likeness (QED) is 0.290. The third-order valence-corrected chi connectivity index (χ3v) is 8.60. The summed E-state index contributed by atoms with van der Waals surface area (Å²) in [4.78, 5) is 0.494. The van der Waals surface area contributed by atoms with Gasteiger partial charge < -0.3 is 0 Å². The average Bonchev–Trinajstić information content (AvgIpc) is 2.35. The summed E-state index contributed by atoms with van der Waals surface area (Å²) in [5.41, 5.74) is 2.53. The van der Waals surface area contributed by atoms with Crippen molar-refractivity contribution in [2.75, 3.05) is 0 Å². The summed E-state index contributed by atoms with van der Waals surface area (Å²) in [5, 5.41) is 2.46. The van der Waals surface area contributed by atoms with E-state index in [1.807, 2.05) is 0 Å². The molecule has 0 heterocycles. The number of halogens is 5. The Bertz CT molecular complexity index is 705. The van der Waals surface area contributed by atoms with Gasteiger partial charge in [0, 0.05) is 13.4 Å². The zero-order valence-electron chi connectivity index (χ0n) is 9.43. The van der Waals surface area contributed by atoms with Crippen molar-refractivity contribution in [2.24, 2.45) is 0 Å². The molecule has 0 spiro atoms. The van der Waals surface area contributed by atoms with E-state index in [4.69, 9.17) is 0 Å². The maximum atomic E-state index is 3.79. The van der Waals surface area contributed by atoms with Crippen molar-refractivity contribution in [1.82, 2.24) is 0 Å². The Hall–Kier alpha value is 0.840. The number of rotatable bonds is 0. The lowest BCUT2D eigenvalue weighted by atomic mass is 9.93. The molecule has 5 heteroatoms. The normalized spacial score (nSPS) is 22.3. The Kier molecular flexibility index (Phi) is 4.32. The van der Waals surface area contributed by atoms with Gasteiger partial charge in [0.2, 0.25) is 0 Å². The molecule has 3 rings (SSSR count). The molecule has 0 radical (unpaired) electrons. The van der Waals surface area contributed by atoms with Crippen LogP contribution in [0.1, 0.15) is 16.0 Å². The predicted octanol–water partition coefficient (Wildman–Crippen LogP) is 7.31. The minimum atomic E-state index is 0.240. The summed E-state index contributed by atoms with van der Waals surface area (Å²) in [5.74, 6) is 0. The molecule has 2 aromatic rings. The van der Waals surface area contributed by atoms with Gasteiger partial charge in [-0.3, -0.25) is 0 Å². The zero-order chi connectivity index (χ0) is 13.7. The van der Waals surface area contributed by atoms with Gasteiger partial charge in [0.25, 0.3) is 0 Å². The minimum absolute atomic E-state index is 0.240. The summed E-state index contributed by atoms with van der Waals surface area (Å²) < 4.78 is 3.41. The van der Waals surface area contributed by atoms with Gasteiger partial charge in [-0.2, -0.15) is 0 Å².